The second kappa shape index (κ2) is 11.1. The van der Waals surface area contributed by atoms with Crippen LogP contribution in [0.3, 0.4) is 0 Å². The van der Waals surface area contributed by atoms with Crippen molar-refractivity contribution in [2.24, 2.45) is 5.10 Å². The van der Waals surface area contributed by atoms with Crippen LogP contribution < -0.4 is 10.3 Å². The third-order valence-electron chi connectivity index (χ3n) is 5.35. The van der Waals surface area contributed by atoms with Gasteiger partial charge in [0.2, 0.25) is 5.91 Å². The summed E-state index contributed by atoms with van der Waals surface area (Å²) < 4.78 is 45.3. The Morgan fingerprint density at radius 3 is 2.62 bits per heavy atom. The number of hydrogen-bond acceptors (Lipinski definition) is 6. The lowest BCUT2D eigenvalue weighted by atomic mass is 10.1. The summed E-state index contributed by atoms with van der Waals surface area (Å²) in [6, 6.07) is 11.0. The lowest BCUT2D eigenvalue weighted by molar-refractivity contribution is -0.122. The molecule has 2 N–H and O–H groups in total. The molecule has 184 valence electrons. The molecule has 0 aliphatic carbocycles. The number of carbonyl (C=O) groups is 1. The van der Waals surface area contributed by atoms with Crippen LogP contribution in [0, 0.1) is 0 Å². The van der Waals surface area contributed by atoms with Crippen molar-refractivity contribution in [1.29, 1.82) is 0 Å². The number of phenols is 1. The number of ether oxygens (including phenoxy) is 1. The maximum Gasteiger partial charge on any atom is 0.431 e. The van der Waals surface area contributed by atoms with Crippen LogP contribution in [-0.4, -0.2) is 53.7 Å². The monoisotopic (exact) mass is 498 g/mol. The summed E-state index contributed by atoms with van der Waals surface area (Å²) in [5.41, 5.74) is 0.312. The molecule has 0 aromatic heterocycles. The van der Waals surface area contributed by atoms with Gasteiger partial charge in [-0.3, -0.25) is 9.69 Å². The molecule has 7 nitrogen and oxygen atoms in total. The lowest BCUT2D eigenvalue weighted by Crippen LogP contribution is -2.33. The van der Waals surface area contributed by atoms with Crippen LogP contribution in [-0.2, 0) is 16.1 Å². The molecular formula is C23H26ClF3N4O3. The summed E-state index contributed by atoms with van der Waals surface area (Å²) in [6.07, 6.45) is -6.33. The van der Waals surface area contributed by atoms with Crippen LogP contribution in [0.5, 0.6) is 5.75 Å². The van der Waals surface area contributed by atoms with Crippen molar-refractivity contribution >= 4 is 34.6 Å². The standard InChI is InChI=1S/C23H26ClF3N4O3/c1-3-30(4-2)13-15-11-16(9-10-19(15)32)28-21(33)14-34-22-12-20(23(25,26)27)29-31(22)18-8-6-5-7-17(18)24/h5-11,22,32H,3-4,12-14H2,1-2H3,(H,28,33). The van der Waals surface area contributed by atoms with E-state index in [9.17, 15) is 23.1 Å². The summed E-state index contributed by atoms with van der Waals surface area (Å²) >= 11 is 6.14. The number of alkyl halides is 3. The number of carbonyl (C=O) groups excluding carboxylic acids is 1. The number of phenolic OH excluding ortho intramolecular Hbond substituents is 1. The number of anilines is 2. The van der Waals surface area contributed by atoms with Gasteiger partial charge in [-0.05, 0) is 43.4 Å². The van der Waals surface area contributed by atoms with Gasteiger partial charge in [-0.15, -0.1) is 0 Å². The summed E-state index contributed by atoms with van der Waals surface area (Å²) in [7, 11) is 0. The highest BCUT2D eigenvalue weighted by Crippen LogP contribution is 2.35. The van der Waals surface area contributed by atoms with E-state index in [0.717, 1.165) is 18.1 Å². The number of rotatable bonds is 9. The van der Waals surface area contributed by atoms with Gasteiger partial charge in [0.05, 0.1) is 10.7 Å². The van der Waals surface area contributed by atoms with Gasteiger partial charge < -0.3 is 15.2 Å². The molecule has 0 saturated heterocycles. The van der Waals surface area contributed by atoms with Crippen molar-refractivity contribution in [1.82, 2.24) is 4.90 Å². The van der Waals surface area contributed by atoms with E-state index in [1.807, 2.05) is 13.8 Å². The molecule has 1 atom stereocenters. The number of halogens is 4. The Labute approximate surface area is 200 Å². The van der Waals surface area contributed by atoms with Crippen molar-refractivity contribution in [3.8, 4) is 5.75 Å². The van der Waals surface area contributed by atoms with Gasteiger partial charge in [0, 0.05) is 24.2 Å². The minimum Gasteiger partial charge on any atom is -0.508 e. The number of hydrazone groups is 1. The smallest absolute Gasteiger partial charge is 0.431 e. The number of nitrogens with one attached hydrogen (secondary N) is 1. The molecule has 34 heavy (non-hydrogen) atoms. The molecule has 1 unspecified atom stereocenters. The highest BCUT2D eigenvalue weighted by Gasteiger charge is 2.44. The number of hydrogen-bond donors (Lipinski definition) is 2. The Bertz CT molecular complexity index is 1040. The zero-order valence-electron chi connectivity index (χ0n) is 18.8. The van der Waals surface area contributed by atoms with Gasteiger partial charge in [0.1, 0.15) is 18.1 Å². The fourth-order valence-corrected chi connectivity index (χ4v) is 3.70. The maximum absolute atomic E-state index is 13.3. The molecule has 0 spiro atoms. The molecule has 2 aromatic rings. The van der Waals surface area contributed by atoms with Crippen LogP contribution in [0.1, 0.15) is 25.8 Å². The van der Waals surface area contributed by atoms with Crippen LogP contribution >= 0.6 is 11.6 Å². The van der Waals surface area contributed by atoms with Crippen LogP contribution in [0.2, 0.25) is 5.02 Å². The first-order valence-corrected chi connectivity index (χ1v) is 11.1. The Kier molecular flexibility index (Phi) is 8.40. The van der Waals surface area contributed by atoms with Gasteiger partial charge in [-0.25, -0.2) is 5.01 Å². The maximum atomic E-state index is 13.3. The summed E-state index contributed by atoms with van der Waals surface area (Å²) in [4.78, 5) is 14.6. The van der Waals surface area contributed by atoms with Gasteiger partial charge in [0.25, 0.3) is 0 Å². The first-order chi connectivity index (χ1) is 16.1. The summed E-state index contributed by atoms with van der Waals surface area (Å²) in [5.74, 6) is -0.446. The van der Waals surface area contributed by atoms with Gasteiger partial charge >= 0.3 is 6.18 Å². The molecular weight excluding hydrogens is 473 g/mol. The number of amides is 1. The fourth-order valence-electron chi connectivity index (χ4n) is 3.48. The number of nitrogens with zero attached hydrogens (tertiary/aromatic N) is 3. The molecule has 0 radical (unpaired) electrons. The number of para-hydroxylation sites is 1. The quantitative estimate of drug-likeness (QED) is 0.476. The van der Waals surface area contributed by atoms with Crippen LogP contribution in [0.25, 0.3) is 0 Å². The average molecular weight is 499 g/mol. The van der Waals surface area contributed by atoms with Crippen molar-refractivity contribution in [2.75, 3.05) is 30.0 Å². The highest BCUT2D eigenvalue weighted by atomic mass is 35.5. The molecule has 1 aliphatic rings. The van der Waals surface area contributed by atoms with Crippen molar-refractivity contribution in [3.05, 3.63) is 53.1 Å². The molecule has 11 heteroatoms. The van der Waals surface area contributed by atoms with E-state index in [-0.39, 0.29) is 16.5 Å². The van der Waals surface area contributed by atoms with Gasteiger partial charge in [-0.2, -0.15) is 18.3 Å². The van der Waals surface area contributed by atoms with Crippen molar-refractivity contribution < 1.29 is 27.8 Å². The average Bonchev–Trinajstić information content (AvgIpc) is 3.23. The molecule has 0 saturated carbocycles. The second-order valence-electron chi connectivity index (χ2n) is 7.66. The number of aromatic hydroxyl groups is 1. The Morgan fingerprint density at radius 1 is 1.26 bits per heavy atom. The largest absolute Gasteiger partial charge is 0.508 e. The summed E-state index contributed by atoms with van der Waals surface area (Å²) in [5, 5.41) is 17.7. The molecule has 1 heterocycles. The predicted octanol–water partition coefficient (Wildman–Crippen LogP) is 5.00. The molecule has 1 aliphatic heterocycles. The van der Waals surface area contributed by atoms with Crippen molar-refractivity contribution in [2.45, 2.75) is 39.2 Å². The third kappa shape index (κ3) is 6.40. The van der Waals surface area contributed by atoms with E-state index in [1.54, 1.807) is 18.2 Å². The molecule has 1 amide bonds. The van der Waals surface area contributed by atoms with E-state index < -0.39 is 37.1 Å². The SMILES string of the molecule is CCN(CC)Cc1cc(NC(=O)COC2CC(C(F)(F)F)=NN2c2ccccc2Cl)ccc1O. The third-order valence-corrected chi connectivity index (χ3v) is 5.67. The van der Waals surface area contributed by atoms with Crippen LogP contribution in [0.15, 0.2) is 47.6 Å². The Balaban J connectivity index is 1.67. The van der Waals surface area contributed by atoms with Crippen LogP contribution in [0.4, 0.5) is 24.5 Å². The second-order valence-corrected chi connectivity index (χ2v) is 8.07. The first-order valence-electron chi connectivity index (χ1n) is 10.8. The Morgan fingerprint density at radius 2 is 1.97 bits per heavy atom. The minimum absolute atomic E-state index is 0.110. The van der Waals surface area contributed by atoms with E-state index in [0.29, 0.717) is 17.8 Å². The normalized spacial score (nSPS) is 16.1. The summed E-state index contributed by atoms with van der Waals surface area (Å²) in [6.45, 7) is 5.61. The molecule has 2 aromatic carbocycles. The lowest BCUT2D eigenvalue weighted by Gasteiger charge is -2.24. The molecule has 3 rings (SSSR count). The zero-order valence-corrected chi connectivity index (χ0v) is 19.5. The predicted molar refractivity (Wildman–Crippen MR) is 125 cm³/mol. The van der Waals surface area contributed by atoms with Gasteiger partial charge in [-0.1, -0.05) is 37.6 Å². The van der Waals surface area contributed by atoms with E-state index >= 15 is 0 Å². The first kappa shape index (κ1) is 25.8. The van der Waals surface area contributed by atoms with Crippen molar-refractivity contribution in [3.63, 3.8) is 0 Å². The van der Waals surface area contributed by atoms with E-state index in [1.165, 1.54) is 24.3 Å². The van der Waals surface area contributed by atoms with Gasteiger partial charge in [0.15, 0.2) is 6.23 Å². The van der Waals surface area contributed by atoms with E-state index in [4.69, 9.17) is 16.3 Å². The molecule has 0 bridgehead atoms. The topological polar surface area (TPSA) is 77.4 Å². The number of benzene rings is 2. The highest BCUT2D eigenvalue weighted by molar-refractivity contribution is 6.33. The zero-order chi connectivity index (χ0) is 24.9. The fraction of sp³-hybridized carbons (Fsp3) is 0.391. The van der Waals surface area contributed by atoms with E-state index in [2.05, 4.69) is 15.3 Å². The minimum atomic E-state index is -4.63. The molecule has 0 fully saturated rings. The Hall–Kier alpha value is -2.82.